The van der Waals surface area contributed by atoms with Crippen LogP contribution in [0.2, 0.25) is 0 Å². The molecular weight excluding hydrogens is 626 g/mol. The minimum absolute atomic E-state index is 0.457. The number of aliphatic imine (C=N–C) groups is 2. The van der Waals surface area contributed by atoms with Gasteiger partial charge in [-0.25, -0.2) is 9.98 Å². The van der Waals surface area contributed by atoms with E-state index in [1.54, 1.807) is 6.08 Å². The van der Waals surface area contributed by atoms with Gasteiger partial charge in [0.2, 0.25) is 0 Å². The van der Waals surface area contributed by atoms with Crippen molar-refractivity contribution >= 4 is 55.0 Å². The van der Waals surface area contributed by atoms with E-state index in [9.17, 15) is 0 Å². The van der Waals surface area contributed by atoms with Crippen LogP contribution < -0.4 is 0 Å². The standard InChI is InChI=1S/C42H36BrN3/c1-3-39(32-15-9-5-10-16-32)45-42(44-29(2)30-13-7-4-8-14-30)34-21-25-37-38-27-33(31-19-23-35(43)24-20-31)22-26-40(38)46(41(37)28-34)36-17-11-6-12-18-36/h3-5,7-10,13-16,19-28,36H,1-2,6,11-12,17-18H2/b44-42-,45-39+. The van der Waals surface area contributed by atoms with E-state index in [2.05, 4.69) is 106 Å². The second kappa shape index (κ2) is 13.3. The number of rotatable bonds is 7. The molecule has 1 aliphatic rings. The van der Waals surface area contributed by atoms with Gasteiger partial charge < -0.3 is 4.57 Å². The van der Waals surface area contributed by atoms with Crippen molar-refractivity contribution in [2.75, 3.05) is 0 Å². The number of fused-ring (bicyclic) bond motifs is 3. The molecule has 0 saturated heterocycles. The highest BCUT2D eigenvalue weighted by Crippen LogP contribution is 2.40. The molecule has 0 amide bonds. The highest BCUT2D eigenvalue weighted by atomic mass is 79.9. The van der Waals surface area contributed by atoms with Gasteiger partial charge in [0.1, 0.15) is 0 Å². The third kappa shape index (κ3) is 6.05. The van der Waals surface area contributed by atoms with Gasteiger partial charge in [-0.1, -0.05) is 139 Å². The first-order valence-corrected chi connectivity index (χ1v) is 16.8. The Labute approximate surface area is 279 Å². The molecule has 1 aromatic heterocycles. The summed E-state index contributed by atoms with van der Waals surface area (Å²) in [6, 6.07) is 42.9. The number of amidine groups is 1. The lowest BCUT2D eigenvalue weighted by Crippen LogP contribution is -2.12. The van der Waals surface area contributed by atoms with Crippen molar-refractivity contribution in [2.24, 2.45) is 9.98 Å². The molecule has 0 aliphatic heterocycles. The van der Waals surface area contributed by atoms with Crippen molar-refractivity contribution in [2.45, 2.75) is 38.1 Å². The Balaban J connectivity index is 1.43. The summed E-state index contributed by atoms with van der Waals surface area (Å²) in [5.74, 6) is 0.616. The highest BCUT2D eigenvalue weighted by Gasteiger charge is 2.22. The van der Waals surface area contributed by atoms with E-state index in [1.165, 1.54) is 65.0 Å². The summed E-state index contributed by atoms with van der Waals surface area (Å²) in [5, 5.41) is 2.53. The second-order valence-electron chi connectivity index (χ2n) is 11.9. The molecule has 226 valence electrons. The quantitative estimate of drug-likeness (QED) is 0.120. The van der Waals surface area contributed by atoms with Crippen LogP contribution in [0.5, 0.6) is 0 Å². The number of benzene rings is 5. The van der Waals surface area contributed by atoms with Gasteiger partial charge >= 0.3 is 0 Å². The fourth-order valence-corrected chi connectivity index (χ4v) is 6.94. The monoisotopic (exact) mass is 661 g/mol. The van der Waals surface area contributed by atoms with Gasteiger partial charge in [-0.2, -0.15) is 0 Å². The molecule has 0 bridgehead atoms. The molecule has 1 heterocycles. The number of allylic oxidation sites excluding steroid dienone is 1. The third-order valence-electron chi connectivity index (χ3n) is 9.02. The maximum absolute atomic E-state index is 5.14. The highest BCUT2D eigenvalue weighted by molar-refractivity contribution is 9.10. The zero-order valence-electron chi connectivity index (χ0n) is 25.9. The van der Waals surface area contributed by atoms with Crippen molar-refractivity contribution in [3.8, 4) is 11.1 Å². The maximum atomic E-state index is 5.14. The molecule has 0 atom stereocenters. The fraction of sp³-hybridized carbons (Fsp3) is 0.143. The normalized spacial score (nSPS) is 14.5. The van der Waals surface area contributed by atoms with Crippen molar-refractivity contribution in [3.63, 3.8) is 0 Å². The topological polar surface area (TPSA) is 29.6 Å². The van der Waals surface area contributed by atoms with Crippen LogP contribution in [0, 0.1) is 0 Å². The lowest BCUT2D eigenvalue weighted by atomic mass is 9.95. The summed E-state index contributed by atoms with van der Waals surface area (Å²) >= 11 is 3.58. The predicted molar refractivity (Wildman–Crippen MR) is 200 cm³/mol. The smallest absolute Gasteiger partial charge is 0.160 e. The molecule has 7 rings (SSSR count). The maximum Gasteiger partial charge on any atom is 0.160 e. The first kappa shape index (κ1) is 29.9. The van der Waals surface area contributed by atoms with Crippen molar-refractivity contribution in [1.82, 2.24) is 4.57 Å². The molecule has 6 aromatic rings. The van der Waals surface area contributed by atoms with E-state index in [4.69, 9.17) is 9.98 Å². The van der Waals surface area contributed by atoms with Gasteiger partial charge in [-0.15, -0.1) is 0 Å². The third-order valence-corrected chi connectivity index (χ3v) is 9.54. The van der Waals surface area contributed by atoms with Crippen molar-refractivity contribution in [3.05, 3.63) is 162 Å². The van der Waals surface area contributed by atoms with Gasteiger partial charge in [0.25, 0.3) is 0 Å². The zero-order valence-corrected chi connectivity index (χ0v) is 27.5. The van der Waals surface area contributed by atoms with E-state index in [0.29, 0.717) is 17.6 Å². The molecule has 46 heavy (non-hydrogen) atoms. The van der Waals surface area contributed by atoms with Crippen LogP contribution in [0.1, 0.15) is 54.8 Å². The van der Waals surface area contributed by atoms with Crippen molar-refractivity contribution in [1.29, 1.82) is 0 Å². The lowest BCUT2D eigenvalue weighted by Gasteiger charge is -2.25. The van der Waals surface area contributed by atoms with Gasteiger partial charge in [-0.05, 0) is 65.9 Å². The van der Waals surface area contributed by atoms with Gasteiger partial charge in [0.15, 0.2) is 5.84 Å². The van der Waals surface area contributed by atoms with Gasteiger partial charge in [0.05, 0.1) is 16.9 Å². The first-order chi connectivity index (χ1) is 22.6. The van der Waals surface area contributed by atoms with Crippen LogP contribution in [-0.4, -0.2) is 16.1 Å². The SMILES string of the molecule is C=C/C(=N\C(=N/C(=C)c1ccccc1)c1ccc2c3cc(-c4ccc(Br)cc4)ccc3n(C3CCCCC3)c2c1)c1ccccc1. The van der Waals surface area contributed by atoms with Crippen LogP contribution in [0.25, 0.3) is 38.6 Å². The molecule has 5 aromatic carbocycles. The number of hydrogen-bond acceptors (Lipinski definition) is 1. The molecule has 4 heteroatoms. The van der Waals surface area contributed by atoms with E-state index >= 15 is 0 Å². The molecule has 1 aliphatic carbocycles. The molecule has 0 spiro atoms. The van der Waals surface area contributed by atoms with E-state index < -0.39 is 0 Å². The summed E-state index contributed by atoms with van der Waals surface area (Å²) in [6.45, 7) is 8.44. The Hall–Kier alpha value is -4.80. The van der Waals surface area contributed by atoms with E-state index in [-0.39, 0.29) is 0 Å². The van der Waals surface area contributed by atoms with Crippen LogP contribution in [0.15, 0.2) is 155 Å². The predicted octanol–water partition coefficient (Wildman–Crippen LogP) is 11.8. The molecule has 0 N–H and O–H groups in total. The summed E-state index contributed by atoms with van der Waals surface area (Å²) in [6.07, 6.45) is 8.01. The van der Waals surface area contributed by atoms with Gasteiger partial charge in [-0.3, -0.25) is 0 Å². The molecule has 1 fully saturated rings. The average molecular weight is 663 g/mol. The molecule has 0 radical (unpaired) electrons. The molecule has 1 saturated carbocycles. The number of aromatic nitrogens is 1. The summed E-state index contributed by atoms with van der Waals surface area (Å²) < 4.78 is 3.68. The first-order valence-electron chi connectivity index (χ1n) is 16.0. The molecule has 0 unspecified atom stereocenters. The van der Waals surface area contributed by atoms with E-state index in [0.717, 1.165) is 26.9 Å². The summed E-state index contributed by atoms with van der Waals surface area (Å²) in [4.78, 5) is 10.2. The number of nitrogens with zero attached hydrogens (tertiary/aromatic N) is 3. The van der Waals surface area contributed by atoms with Crippen LogP contribution in [0.4, 0.5) is 0 Å². The van der Waals surface area contributed by atoms with E-state index in [1.807, 2.05) is 48.5 Å². The Morgan fingerprint density at radius 1 is 0.652 bits per heavy atom. The second-order valence-corrected chi connectivity index (χ2v) is 12.9. The Morgan fingerprint density at radius 2 is 1.33 bits per heavy atom. The largest absolute Gasteiger partial charge is 0.337 e. The van der Waals surface area contributed by atoms with Crippen LogP contribution in [0.3, 0.4) is 0 Å². The summed E-state index contributed by atoms with van der Waals surface area (Å²) in [5.41, 5.74) is 9.29. The van der Waals surface area contributed by atoms with Crippen LogP contribution in [-0.2, 0) is 0 Å². The fourth-order valence-electron chi connectivity index (χ4n) is 6.67. The Kier molecular flexibility index (Phi) is 8.63. The Morgan fingerprint density at radius 3 is 2.02 bits per heavy atom. The molecular formula is C42H36BrN3. The van der Waals surface area contributed by atoms with Gasteiger partial charge in [0, 0.05) is 37.9 Å². The number of hydrogen-bond donors (Lipinski definition) is 0. The van der Waals surface area contributed by atoms with Crippen LogP contribution >= 0.6 is 15.9 Å². The molecule has 3 nitrogen and oxygen atoms in total. The average Bonchev–Trinajstić information content (AvgIpc) is 3.44. The minimum Gasteiger partial charge on any atom is -0.337 e. The number of halogens is 1. The lowest BCUT2D eigenvalue weighted by molar-refractivity contribution is 0.367. The summed E-state index contributed by atoms with van der Waals surface area (Å²) in [7, 11) is 0. The Bertz CT molecular complexity index is 2100. The minimum atomic E-state index is 0.457. The zero-order chi connectivity index (χ0) is 31.5. The van der Waals surface area contributed by atoms with Crippen molar-refractivity contribution < 1.29 is 0 Å².